The first-order chi connectivity index (χ1) is 13.0. The summed E-state index contributed by atoms with van der Waals surface area (Å²) in [7, 11) is 0. The minimum atomic E-state index is -0.937. The fourth-order valence-electron chi connectivity index (χ4n) is 3.09. The Morgan fingerprint density at radius 2 is 1.15 bits per heavy atom. The molecule has 0 bridgehead atoms. The van der Waals surface area contributed by atoms with Crippen molar-refractivity contribution < 1.29 is 14.3 Å². The second-order valence-electron chi connectivity index (χ2n) is 6.98. The third-order valence-corrected chi connectivity index (χ3v) is 4.61. The molecule has 0 fully saturated rings. The van der Waals surface area contributed by atoms with Gasteiger partial charge in [0.05, 0.1) is 11.0 Å². The third-order valence-electron chi connectivity index (χ3n) is 4.61. The summed E-state index contributed by atoms with van der Waals surface area (Å²) in [5.41, 5.74) is 0.907. The Morgan fingerprint density at radius 1 is 0.704 bits per heavy atom. The smallest absolute Gasteiger partial charge is 0.338 e. The van der Waals surface area contributed by atoms with E-state index in [2.05, 4.69) is 0 Å². The van der Waals surface area contributed by atoms with Gasteiger partial charge in [0.2, 0.25) is 0 Å². The summed E-state index contributed by atoms with van der Waals surface area (Å²) in [5.74, 6) is -0.517. The van der Waals surface area contributed by atoms with Gasteiger partial charge >= 0.3 is 5.97 Å². The maximum atomic E-state index is 13.2. The van der Waals surface area contributed by atoms with E-state index in [-0.39, 0.29) is 5.78 Å². The highest BCUT2D eigenvalue weighted by atomic mass is 16.5. The minimum Gasteiger partial charge on any atom is -0.453 e. The van der Waals surface area contributed by atoms with Crippen LogP contribution in [-0.2, 0) is 4.74 Å². The lowest BCUT2D eigenvalue weighted by Crippen LogP contribution is -2.34. The number of esters is 1. The van der Waals surface area contributed by atoms with E-state index in [1.807, 2.05) is 68.4 Å². The van der Waals surface area contributed by atoms with Crippen LogP contribution in [0.25, 0.3) is 0 Å². The second kappa shape index (κ2) is 8.00. The molecular weight excluding hydrogens is 336 g/mol. The van der Waals surface area contributed by atoms with Gasteiger partial charge in [0, 0.05) is 5.56 Å². The van der Waals surface area contributed by atoms with Crippen molar-refractivity contribution in [3.63, 3.8) is 0 Å². The van der Waals surface area contributed by atoms with Crippen LogP contribution in [0.2, 0.25) is 0 Å². The summed E-state index contributed by atoms with van der Waals surface area (Å²) in [6.45, 7) is 3.64. The zero-order valence-corrected chi connectivity index (χ0v) is 15.5. The Bertz CT molecular complexity index is 900. The van der Waals surface area contributed by atoms with Gasteiger partial charge < -0.3 is 4.74 Å². The molecule has 0 heterocycles. The predicted molar refractivity (Wildman–Crippen MR) is 106 cm³/mol. The largest absolute Gasteiger partial charge is 0.453 e. The van der Waals surface area contributed by atoms with Crippen LogP contribution in [0.1, 0.15) is 46.2 Å². The van der Waals surface area contributed by atoms with Crippen LogP contribution < -0.4 is 0 Å². The summed E-state index contributed by atoms with van der Waals surface area (Å²) >= 11 is 0. The fraction of sp³-hybridized carbons (Fsp3) is 0.167. The highest BCUT2D eigenvalue weighted by Crippen LogP contribution is 2.40. The molecule has 1 unspecified atom stereocenters. The number of ketones is 1. The van der Waals surface area contributed by atoms with Gasteiger partial charge in [-0.15, -0.1) is 0 Å². The average molecular weight is 358 g/mol. The Morgan fingerprint density at radius 3 is 1.67 bits per heavy atom. The van der Waals surface area contributed by atoms with Gasteiger partial charge in [-0.25, -0.2) is 4.79 Å². The van der Waals surface area contributed by atoms with E-state index in [9.17, 15) is 9.59 Å². The minimum absolute atomic E-state index is 0.0715. The molecule has 27 heavy (non-hydrogen) atoms. The Hall–Kier alpha value is -3.20. The standard InChI is InChI=1S/C24H22O3/c1-24(2,21(25)18-12-6-3-7-13-18)22(19-14-8-4-9-15-19)27-23(26)20-16-10-5-11-17-20/h3-17,22H,1-2H3. The first kappa shape index (κ1) is 18.6. The van der Waals surface area contributed by atoms with E-state index in [1.165, 1.54) is 0 Å². The molecule has 0 aromatic heterocycles. The van der Waals surface area contributed by atoms with Crippen LogP contribution in [-0.4, -0.2) is 11.8 Å². The topological polar surface area (TPSA) is 43.4 Å². The number of hydrogen-bond acceptors (Lipinski definition) is 3. The van der Waals surface area contributed by atoms with E-state index >= 15 is 0 Å². The van der Waals surface area contributed by atoms with Crippen LogP contribution in [0.15, 0.2) is 91.0 Å². The SMILES string of the molecule is CC(C)(C(=O)c1ccccc1)C(OC(=O)c1ccccc1)c1ccccc1. The van der Waals surface area contributed by atoms with Gasteiger partial charge in [-0.3, -0.25) is 4.79 Å². The molecule has 1 atom stereocenters. The van der Waals surface area contributed by atoms with Crippen LogP contribution in [0.3, 0.4) is 0 Å². The van der Waals surface area contributed by atoms with Crippen LogP contribution in [0, 0.1) is 5.41 Å². The van der Waals surface area contributed by atoms with E-state index in [0.29, 0.717) is 11.1 Å². The molecule has 136 valence electrons. The van der Waals surface area contributed by atoms with Gasteiger partial charge in [-0.05, 0) is 31.5 Å². The first-order valence-corrected chi connectivity index (χ1v) is 8.91. The number of hydrogen-bond donors (Lipinski definition) is 0. The van der Waals surface area contributed by atoms with E-state index in [0.717, 1.165) is 5.56 Å². The van der Waals surface area contributed by atoms with Crippen molar-refractivity contribution in [2.75, 3.05) is 0 Å². The van der Waals surface area contributed by atoms with Gasteiger partial charge in [0.25, 0.3) is 0 Å². The molecule has 0 saturated heterocycles. The molecule has 0 N–H and O–H groups in total. The summed E-state index contributed by atoms with van der Waals surface area (Å²) in [5, 5.41) is 0. The maximum absolute atomic E-state index is 13.2. The molecule has 3 heteroatoms. The molecule has 0 aliphatic rings. The molecule has 0 amide bonds. The van der Waals surface area contributed by atoms with Crippen molar-refractivity contribution in [3.05, 3.63) is 108 Å². The molecule has 0 radical (unpaired) electrons. The molecule has 0 saturated carbocycles. The van der Waals surface area contributed by atoms with Gasteiger partial charge in [0.1, 0.15) is 6.10 Å². The summed E-state index contributed by atoms with van der Waals surface area (Å²) in [6, 6.07) is 27.3. The highest BCUT2D eigenvalue weighted by Gasteiger charge is 2.41. The zero-order valence-electron chi connectivity index (χ0n) is 15.5. The molecule has 3 nitrogen and oxygen atoms in total. The summed E-state index contributed by atoms with van der Waals surface area (Å²) < 4.78 is 5.87. The number of carbonyl (C=O) groups excluding carboxylic acids is 2. The van der Waals surface area contributed by atoms with E-state index < -0.39 is 17.5 Å². The molecule has 0 spiro atoms. The Kier molecular flexibility index (Phi) is 5.51. The van der Waals surface area contributed by atoms with Gasteiger partial charge in [-0.2, -0.15) is 0 Å². The van der Waals surface area contributed by atoms with E-state index in [1.54, 1.807) is 36.4 Å². The molecule has 3 aromatic rings. The summed E-state index contributed by atoms with van der Waals surface area (Å²) in [6.07, 6.45) is -0.709. The van der Waals surface area contributed by atoms with E-state index in [4.69, 9.17) is 4.74 Å². The molecular formula is C24H22O3. The summed E-state index contributed by atoms with van der Waals surface area (Å²) in [4.78, 5) is 25.9. The lowest BCUT2D eigenvalue weighted by Gasteiger charge is -2.33. The lowest BCUT2D eigenvalue weighted by molar-refractivity contribution is -0.00385. The monoisotopic (exact) mass is 358 g/mol. The third kappa shape index (κ3) is 4.14. The molecule has 0 aliphatic heterocycles. The zero-order chi connectivity index (χ0) is 19.3. The van der Waals surface area contributed by atoms with Crippen molar-refractivity contribution in [2.45, 2.75) is 20.0 Å². The van der Waals surface area contributed by atoms with Crippen molar-refractivity contribution in [1.82, 2.24) is 0 Å². The quantitative estimate of drug-likeness (QED) is 0.432. The van der Waals surface area contributed by atoms with Crippen molar-refractivity contribution in [1.29, 1.82) is 0 Å². The number of rotatable bonds is 6. The van der Waals surface area contributed by atoms with Crippen molar-refractivity contribution in [3.8, 4) is 0 Å². The number of ether oxygens (including phenoxy) is 1. The van der Waals surface area contributed by atoms with Crippen molar-refractivity contribution >= 4 is 11.8 Å². The van der Waals surface area contributed by atoms with Crippen LogP contribution in [0.4, 0.5) is 0 Å². The van der Waals surface area contributed by atoms with Crippen LogP contribution >= 0.6 is 0 Å². The molecule has 3 aromatic carbocycles. The Labute approximate surface area is 159 Å². The van der Waals surface area contributed by atoms with Crippen LogP contribution in [0.5, 0.6) is 0 Å². The first-order valence-electron chi connectivity index (χ1n) is 8.91. The number of Topliss-reactive ketones (excluding diaryl/α,β-unsaturated/α-hetero) is 1. The lowest BCUT2D eigenvalue weighted by atomic mass is 9.76. The maximum Gasteiger partial charge on any atom is 0.338 e. The highest BCUT2D eigenvalue weighted by molar-refractivity contribution is 6.01. The Balaban J connectivity index is 1.97. The average Bonchev–Trinajstić information content (AvgIpc) is 2.73. The normalized spacial score (nSPS) is 12.2. The van der Waals surface area contributed by atoms with Gasteiger partial charge in [0.15, 0.2) is 5.78 Å². The second-order valence-corrected chi connectivity index (χ2v) is 6.98. The molecule has 3 rings (SSSR count). The van der Waals surface area contributed by atoms with Gasteiger partial charge in [-0.1, -0.05) is 78.9 Å². The predicted octanol–water partition coefficient (Wildman–Crippen LogP) is 5.49. The molecule has 0 aliphatic carbocycles. The fourth-order valence-corrected chi connectivity index (χ4v) is 3.09. The number of carbonyl (C=O) groups is 2. The number of benzene rings is 3. The van der Waals surface area contributed by atoms with Crippen molar-refractivity contribution in [2.24, 2.45) is 5.41 Å².